The third-order valence-corrected chi connectivity index (χ3v) is 1.60. The first-order valence-electron chi connectivity index (χ1n) is 3.88. The van der Waals surface area contributed by atoms with Crippen molar-refractivity contribution in [2.45, 2.75) is 12.6 Å². The van der Waals surface area contributed by atoms with E-state index in [1.165, 1.54) is 0 Å². The van der Waals surface area contributed by atoms with Crippen molar-refractivity contribution in [2.24, 2.45) is 0 Å². The largest absolute Gasteiger partial charge is 0.378 e. The maximum atomic E-state index is 5.20. The molecule has 5 nitrogen and oxygen atoms in total. The standard InChI is InChI=1S/C7H14N4O/c1-8-5-7(12-2)6-11-9-3-4-10-11/h3-4,7-8H,5-6H2,1-2H3. The molecule has 0 aliphatic heterocycles. The number of rotatable bonds is 5. The summed E-state index contributed by atoms with van der Waals surface area (Å²) in [6.07, 6.45) is 3.44. The van der Waals surface area contributed by atoms with Gasteiger partial charge < -0.3 is 10.1 Å². The molecule has 5 heteroatoms. The van der Waals surface area contributed by atoms with Gasteiger partial charge in [0.1, 0.15) is 0 Å². The van der Waals surface area contributed by atoms with Gasteiger partial charge in [0.05, 0.1) is 25.0 Å². The first-order chi connectivity index (χ1) is 5.86. The van der Waals surface area contributed by atoms with E-state index in [0.29, 0.717) is 6.54 Å². The zero-order valence-electron chi connectivity index (χ0n) is 7.40. The van der Waals surface area contributed by atoms with E-state index in [0.717, 1.165) is 6.54 Å². The van der Waals surface area contributed by atoms with Crippen molar-refractivity contribution < 1.29 is 4.74 Å². The Balaban J connectivity index is 2.37. The first kappa shape index (κ1) is 9.15. The normalized spacial score (nSPS) is 13.2. The fourth-order valence-corrected chi connectivity index (χ4v) is 0.970. The summed E-state index contributed by atoms with van der Waals surface area (Å²) in [7, 11) is 3.58. The van der Waals surface area contributed by atoms with Crippen molar-refractivity contribution >= 4 is 0 Å². The smallest absolute Gasteiger partial charge is 0.0908 e. The van der Waals surface area contributed by atoms with Gasteiger partial charge in [-0.2, -0.15) is 15.0 Å². The van der Waals surface area contributed by atoms with Gasteiger partial charge in [-0.05, 0) is 7.05 Å². The van der Waals surface area contributed by atoms with Crippen LogP contribution in [0.2, 0.25) is 0 Å². The zero-order valence-corrected chi connectivity index (χ0v) is 7.40. The van der Waals surface area contributed by atoms with Gasteiger partial charge in [0.15, 0.2) is 0 Å². The van der Waals surface area contributed by atoms with Gasteiger partial charge in [-0.3, -0.25) is 0 Å². The van der Waals surface area contributed by atoms with Crippen LogP contribution in [0.5, 0.6) is 0 Å². The lowest BCUT2D eigenvalue weighted by molar-refractivity contribution is 0.0818. The van der Waals surface area contributed by atoms with Crippen LogP contribution in [-0.4, -0.2) is 41.8 Å². The Kier molecular flexibility index (Phi) is 3.69. The number of hydrogen-bond acceptors (Lipinski definition) is 4. The van der Waals surface area contributed by atoms with Crippen LogP contribution in [0.1, 0.15) is 0 Å². The Morgan fingerprint density at radius 2 is 2.17 bits per heavy atom. The molecule has 1 aromatic rings. The summed E-state index contributed by atoms with van der Waals surface area (Å²) in [6, 6.07) is 0. The molecule has 0 aromatic carbocycles. The predicted molar refractivity (Wildman–Crippen MR) is 44.7 cm³/mol. The second-order valence-corrected chi connectivity index (χ2v) is 2.50. The Hall–Kier alpha value is -0.940. The molecular weight excluding hydrogens is 156 g/mol. The number of methoxy groups -OCH3 is 1. The van der Waals surface area contributed by atoms with Crippen LogP contribution in [0, 0.1) is 0 Å². The summed E-state index contributed by atoms with van der Waals surface area (Å²) < 4.78 is 5.20. The molecule has 68 valence electrons. The van der Waals surface area contributed by atoms with Crippen LogP contribution < -0.4 is 5.32 Å². The van der Waals surface area contributed by atoms with E-state index in [-0.39, 0.29) is 6.10 Å². The molecule has 0 saturated carbocycles. The number of nitrogens with one attached hydrogen (secondary N) is 1. The van der Waals surface area contributed by atoms with Crippen molar-refractivity contribution in [1.82, 2.24) is 20.3 Å². The lowest BCUT2D eigenvalue weighted by Crippen LogP contribution is -2.30. The van der Waals surface area contributed by atoms with E-state index in [1.807, 2.05) is 7.05 Å². The highest BCUT2D eigenvalue weighted by atomic mass is 16.5. The van der Waals surface area contributed by atoms with Crippen LogP contribution in [0.4, 0.5) is 0 Å². The molecular formula is C7H14N4O. The van der Waals surface area contributed by atoms with Gasteiger partial charge in [0.25, 0.3) is 0 Å². The third-order valence-electron chi connectivity index (χ3n) is 1.60. The van der Waals surface area contributed by atoms with Crippen LogP contribution in [-0.2, 0) is 11.3 Å². The lowest BCUT2D eigenvalue weighted by Gasteiger charge is -2.13. The van der Waals surface area contributed by atoms with Gasteiger partial charge in [-0.25, -0.2) is 0 Å². The van der Waals surface area contributed by atoms with Crippen molar-refractivity contribution in [1.29, 1.82) is 0 Å². The van der Waals surface area contributed by atoms with E-state index in [2.05, 4.69) is 15.5 Å². The maximum Gasteiger partial charge on any atom is 0.0908 e. The Morgan fingerprint density at radius 3 is 2.67 bits per heavy atom. The molecule has 0 spiro atoms. The highest BCUT2D eigenvalue weighted by Crippen LogP contribution is 1.91. The van der Waals surface area contributed by atoms with Gasteiger partial charge >= 0.3 is 0 Å². The SMILES string of the molecule is CNCC(Cn1nccn1)OC. The fourth-order valence-electron chi connectivity index (χ4n) is 0.970. The molecule has 12 heavy (non-hydrogen) atoms. The molecule has 1 N–H and O–H groups in total. The van der Waals surface area contributed by atoms with Crippen molar-refractivity contribution in [2.75, 3.05) is 20.7 Å². The van der Waals surface area contributed by atoms with Gasteiger partial charge in [0.2, 0.25) is 0 Å². The highest BCUT2D eigenvalue weighted by Gasteiger charge is 2.06. The first-order valence-corrected chi connectivity index (χ1v) is 3.88. The second kappa shape index (κ2) is 4.84. The molecule has 0 saturated heterocycles. The minimum atomic E-state index is 0.127. The van der Waals surface area contributed by atoms with Crippen molar-refractivity contribution in [3.63, 3.8) is 0 Å². The summed E-state index contributed by atoms with van der Waals surface area (Å²) in [4.78, 5) is 1.62. The quantitative estimate of drug-likeness (QED) is 0.648. The Labute approximate surface area is 71.7 Å². The third kappa shape index (κ3) is 2.60. The number of hydrogen-bond donors (Lipinski definition) is 1. The number of likely N-dealkylation sites (N-methyl/N-ethyl adjacent to an activating group) is 1. The number of ether oxygens (including phenoxy) is 1. The Morgan fingerprint density at radius 1 is 1.50 bits per heavy atom. The van der Waals surface area contributed by atoms with Gasteiger partial charge in [-0.1, -0.05) is 0 Å². The summed E-state index contributed by atoms with van der Waals surface area (Å²) in [5.74, 6) is 0. The molecule has 0 fully saturated rings. The molecule has 0 radical (unpaired) electrons. The van der Waals surface area contributed by atoms with Gasteiger partial charge in [-0.15, -0.1) is 0 Å². The van der Waals surface area contributed by atoms with Crippen molar-refractivity contribution in [3.8, 4) is 0 Å². The summed E-state index contributed by atoms with van der Waals surface area (Å²) >= 11 is 0. The van der Waals surface area contributed by atoms with Crippen LogP contribution in [0.15, 0.2) is 12.4 Å². The molecule has 0 aliphatic rings. The van der Waals surface area contributed by atoms with Crippen molar-refractivity contribution in [3.05, 3.63) is 12.4 Å². The van der Waals surface area contributed by atoms with Crippen LogP contribution in [0.3, 0.4) is 0 Å². The molecule has 1 heterocycles. The fraction of sp³-hybridized carbons (Fsp3) is 0.714. The molecule has 0 amide bonds. The summed E-state index contributed by atoms with van der Waals surface area (Å²) in [5.41, 5.74) is 0. The zero-order chi connectivity index (χ0) is 8.81. The van der Waals surface area contributed by atoms with Gasteiger partial charge in [0, 0.05) is 13.7 Å². The maximum absolute atomic E-state index is 5.20. The average molecular weight is 170 g/mol. The van der Waals surface area contributed by atoms with E-state index < -0.39 is 0 Å². The number of nitrogens with zero attached hydrogens (tertiary/aromatic N) is 3. The monoisotopic (exact) mass is 170 g/mol. The summed E-state index contributed by atoms with van der Waals surface area (Å²) in [5, 5.41) is 11.0. The lowest BCUT2D eigenvalue weighted by atomic mass is 10.3. The topological polar surface area (TPSA) is 52.0 Å². The molecule has 1 aromatic heterocycles. The molecule has 0 aliphatic carbocycles. The minimum Gasteiger partial charge on any atom is -0.378 e. The second-order valence-electron chi connectivity index (χ2n) is 2.50. The molecule has 1 rings (SSSR count). The predicted octanol–water partition coefficient (Wildman–Crippen LogP) is -0.488. The average Bonchev–Trinajstić information content (AvgIpc) is 2.56. The van der Waals surface area contributed by atoms with E-state index in [4.69, 9.17) is 4.74 Å². The van der Waals surface area contributed by atoms with Crippen LogP contribution in [0.25, 0.3) is 0 Å². The molecule has 1 unspecified atom stereocenters. The van der Waals surface area contributed by atoms with E-state index in [1.54, 1.807) is 24.3 Å². The number of aromatic nitrogens is 3. The van der Waals surface area contributed by atoms with E-state index in [9.17, 15) is 0 Å². The minimum absolute atomic E-state index is 0.127. The molecule has 1 atom stereocenters. The highest BCUT2D eigenvalue weighted by molar-refractivity contribution is 4.64. The summed E-state index contributed by atoms with van der Waals surface area (Å²) in [6.45, 7) is 1.49. The van der Waals surface area contributed by atoms with E-state index >= 15 is 0 Å². The van der Waals surface area contributed by atoms with Crippen LogP contribution >= 0.6 is 0 Å². The Bertz CT molecular complexity index is 199. The molecule has 0 bridgehead atoms.